The molecular weight excluding hydrogens is 310 g/mol. The van der Waals surface area contributed by atoms with Gasteiger partial charge in [-0.2, -0.15) is 5.10 Å². The van der Waals surface area contributed by atoms with E-state index in [2.05, 4.69) is 41.0 Å². The Morgan fingerprint density at radius 3 is 2.39 bits per heavy atom. The fraction of sp³-hybridized carbons (Fsp3) is 0.471. The summed E-state index contributed by atoms with van der Waals surface area (Å²) in [6.07, 6.45) is 1.51. The Bertz CT molecular complexity index is 762. The van der Waals surface area contributed by atoms with Crippen LogP contribution in [0, 0.1) is 20.8 Å². The highest BCUT2D eigenvalue weighted by molar-refractivity contribution is 7.92. The Balaban J connectivity index is 2.20. The van der Waals surface area contributed by atoms with Crippen LogP contribution in [0.2, 0.25) is 0 Å². The molecule has 0 atom stereocenters. The molecule has 126 valence electrons. The molecule has 1 aromatic carbocycles. The van der Waals surface area contributed by atoms with Gasteiger partial charge in [-0.25, -0.2) is 8.42 Å². The molecule has 0 spiro atoms. The molecule has 0 aliphatic heterocycles. The summed E-state index contributed by atoms with van der Waals surface area (Å²) in [7, 11) is -3.31. The third-order valence-electron chi connectivity index (χ3n) is 3.86. The summed E-state index contributed by atoms with van der Waals surface area (Å²) < 4.78 is 28.8. The van der Waals surface area contributed by atoms with Crippen LogP contribution in [0.4, 0.5) is 5.69 Å². The zero-order chi connectivity index (χ0) is 17.0. The second-order valence-electron chi connectivity index (χ2n) is 5.96. The number of rotatable bonds is 7. The molecule has 0 aliphatic carbocycles. The molecule has 1 aromatic heterocycles. The van der Waals surface area contributed by atoms with Gasteiger partial charge in [-0.3, -0.25) is 9.40 Å². The van der Waals surface area contributed by atoms with Gasteiger partial charge in [0.05, 0.1) is 29.4 Å². The Hall–Kier alpha value is -1.82. The Morgan fingerprint density at radius 2 is 1.78 bits per heavy atom. The number of hydrogen-bond acceptors (Lipinski definition) is 3. The summed E-state index contributed by atoms with van der Waals surface area (Å²) in [5.41, 5.74) is 4.50. The van der Waals surface area contributed by atoms with Gasteiger partial charge in [0.15, 0.2) is 0 Å². The Labute approximate surface area is 138 Å². The largest absolute Gasteiger partial charge is 0.280 e. The van der Waals surface area contributed by atoms with Crippen LogP contribution in [0.15, 0.2) is 24.3 Å². The van der Waals surface area contributed by atoms with Gasteiger partial charge < -0.3 is 0 Å². The minimum atomic E-state index is -3.31. The average Bonchev–Trinajstić information content (AvgIpc) is 2.75. The number of aromatic nitrogens is 2. The summed E-state index contributed by atoms with van der Waals surface area (Å²) in [6.45, 7) is 8.38. The lowest BCUT2D eigenvalue weighted by molar-refractivity contribution is 0.597. The molecule has 6 heteroatoms. The summed E-state index contributed by atoms with van der Waals surface area (Å²) in [5, 5.41) is 4.48. The summed E-state index contributed by atoms with van der Waals surface area (Å²) in [5.74, 6) is 0.144. The van der Waals surface area contributed by atoms with Crippen LogP contribution < -0.4 is 4.72 Å². The maximum absolute atomic E-state index is 12.1. The van der Waals surface area contributed by atoms with E-state index in [0.29, 0.717) is 24.3 Å². The van der Waals surface area contributed by atoms with E-state index in [0.717, 1.165) is 17.7 Å². The van der Waals surface area contributed by atoms with Gasteiger partial charge >= 0.3 is 0 Å². The van der Waals surface area contributed by atoms with Gasteiger partial charge in [0.25, 0.3) is 0 Å². The van der Waals surface area contributed by atoms with Crippen LogP contribution in [-0.2, 0) is 16.6 Å². The normalized spacial score (nSPS) is 11.7. The van der Waals surface area contributed by atoms with Crippen LogP contribution in [-0.4, -0.2) is 24.0 Å². The van der Waals surface area contributed by atoms with Crippen molar-refractivity contribution in [3.63, 3.8) is 0 Å². The Kier molecular flexibility index (Phi) is 5.46. The highest BCUT2D eigenvalue weighted by Gasteiger charge is 2.17. The minimum absolute atomic E-state index is 0.144. The average molecular weight is 335 g/mol. The van der Waals surface area contributed by atoms with Crippen LogP contribution in [0.25, 0.3) is 0 Å². The molecule has 0 unspecified atom stereocenters. The predicted octanol–water partition coefficient (Wildman–Crippen LogP) is 3.40. The third kappa shape index (κ3) is 4.58. The summed E-state index contributed by atoms with van der Waals surface area (Å²) >= 11 is 0. The van der Waals surface area contributed by atoms with Crippen molar-refractivity contribution in [1.29, 1.82) is 0 Å². The van der Waals surface area contributed by atoms with Crippen molar-refractivity contribution in [3.05, 3.63) is 46.8 Å². The molecule has 0 aliphatic rings. The van der Waals surface area contributed by atoms with Crippen LogP contribution in [0.3, 0.4) is 0 Å². The quantitative estimate of drug-likeness (QED) is 0.843. The zero-order valence-corrected chi connectivity index (χ0v) is 15.1. The molecule has 0 amide bonds. The molecular formula is C17H25N3O2S. The molecule has 23 heavy (non-hydrogen) atoms. The standard InChI is InChI=1S/C17H25N3O2S/c1-5-6-11-23(21,22)19-17-14(3)18-20(15(17)4)12-16-9-7-13(2)8-10-16/h7-10,19H,5-6,11-12H2,1-4H3. The van der Waals surface area contributed by atoms with E-state index in [-0.39, 0.29) is 5.75 Å². The van der Waals surface area contributed by atoms with Gasteiger partial charge in [0, 0.05) is 0 Å². The topological polar surface area (TPSA) is 64.0 Å². The molecule has 1 N–H and O–H groups in total. The number of anilines is 1. The van der Waals surface area contributed by atoms with Crippen LogP contribution in [0.1, 0.15) is 42.3 Å². The van der Waals surface area contributed by atoms with E-state index < -0.39 is 10.0 Å². The molecule has 1 heterocycles. The van der Waals surface area contributed by atoms with Crippen molar-refractivity contribution in [2.45, 2.75) is 47.1 Å². The first kappa shape index (κ1) is 17.5. The van der Waals surface area contributed by atoms with E-state index in [9.17, 15) is 8.42 Å². The number of benzene rings is 1. The minimum Gasteiger partial charge on any atom is -0.280 e. The number of aryl methyl sites for hydroxylation is 2. The third-order valence-corrected chi connectivity index (χ3v) is 5.20. The fourth-order valence-corrected chi connectivity index (χ4v) is 3.78. The van der Waals surface area contributed by atoms with E-state index in [4.69, 9.17) is 0 Å². The molecule has 0 saturated heterocycles. The Morgan fingerprint density at radius 1 is 1.13 bits per heavy atom. The van der Waals surface area contributed by atoms with Crippen LogP contribution in [0.5, 0.6) is 0 Å². The summed E-state index contributed by atoms with van der Waals surface area (Å²) in [4.78, 5) is 0. The molecule has 2 aromatic rings. The number of unbranched alkanes of at least 4 members (excludes halogenated alkanes) is 1. The van der Waals surface area contributed by atoms with Crippen molar-refractivity contribution in [2.24, 2.45) is 0 Å². The molecule has 0 bridgehead atoms. The van der Waals surface area contributed by atoms with Crippen molar-refractivity contribution in [3.8, 4) is 0 Å². The number of hydrogen-bond donors (Lipinski definition) is 1. The SMILES string of the molecule is CCCCS(=O)(=O)Nc1c(C)nn(Cc2ccc(C)cc2)c1C. The van der Waals surface area contributed by atoms with Gasteiger partial charge in [0.2, 0.25) is 10.0 Å². The number of sulfonamides is 1. The maximum Gasteiger partial charge on any atom is 0.232 e. The molecule has 5 nitrogen and oxygen atoms in total. The molecule has 0 radical (unpaired) electrons. The van der Waals surface area contributed by atoms with Crippen LogP contribution >= 0.6 is 0 Å². The van der Waals surface area contributed by atoms with Gasteiger partial charge in [-0.05, 0) is 32.8 Å². The van der Waals surface area contributed by atoms with Crippen molar-refractivity contribution in [2.75, 3.05) is 10.5 Å². The van der Waals surface area contributed by atoms with Gasteiger partial charge in [-0.15, -0.1) is 0 Å². The monoisotopic (exact) mass is 335 g/mol. The van der Waals surface area contributed by atoms with Crippen molar-refractivity contribution < 1.29 is 8.42 Å². The lowest BCUT2D eigenvalue weighted by atomic mass is 10.1. The van der Waals surface area contributed by atoms with Gasteiger partial charge in [0.1, 0.15) is 0 Å². The fourth-order valence-electron chi connectivity index (χ4n) is 2.41. The van der Waals surface area contributed by atoms with E-state index in [1.54, 1.807) is 0 Å². The lowest BCUT2D eigenvalue weighted by Gasteiger charge is -2.09. The highest BCUT2D eigenvalue weighted by atomic mass is 32.2. The first-order valence-electron chi connectivity index (χ1n) is 7.92. The summed E-state index contributed by atoms with van der Waals surface area (Å²) in [6, 6.07) is 8.26. The van der Waals surface area contributed by atoms with E-state index >= 15 is 0 Å². The molecule has 0 fully saturated rings. The zero-order valence-electron chi connectivity index (χ0n) is 14.3. The van der Waals surface area contributed by atoms with Gasteiger partial charge in [-0.1, -0.05) is 43.2 Å². The molecule has 2 rings (SSSR count). The maximum atomic E-state index is 12.1. The predicted molar refractivity (Wildman–Crippen MR) is 94.3 cm³/mol. The first-order valence-corrected chi connectivity index (χ1v) is 9.57. The second kappa shape index (κ2) is 7.17. The van der Waals surface area contributed by atoms with Crippen molar-refractivity contribution >= 4 is 15.7 Å². The highest BCUT2D eigenvalue weighted by Crippen LogP contribution is 2.22. The second-order valence-corrected chi connectivity index (χ2v) is 7.81. The molecule has 0 saturated carbocycles. The number of nitrogens with zero attached hydrogens (tertiary/aromatic N) is 2. The first-order chi connectivity index (χ1) is 10.8. The smallest absolute Gasteiger partial charge is 0.232 e. The van der Waals surface area contributed by atoms with Crippen molar-refractivity contribution in [1.82, 2.24) is 9.78 Å². The number of nitrogens with one attached hydrogen (secondary N) is 1. The van der Waals surface area contributed by atoms with E-state index in [1.165, 1.54) is 5.56 Å². The van der Waals surface area contributed by atoms with E-state index in [1.807, 2.05) is 25.5 Å². The lowest BCUT2D eigenvalue weighted by Crippen LogP contribution is -2.17.